The maximum atomic E-state index is 12.9. The molecule has 2 N–H and O–H groups in total. The number of H-pyrrole nitrogens is 1. The number of carbonyl (C=O) groups is 1. The second kappa shape index (κ2) is 7.56. The van der Waals surface area contributed by atoms with E-state index in [9.17, 15) is 4.79 Å². The monoisotopic (exact) mass is 389 g/mol. The first-order valence-corrected chi connectivity index (χ1v) is 10.5. The molecule has 2 aliphatic rings. The lowest BCUT2D eigenvalue weighted by Crippen LogP contribution is -2.51. The number of piperidine rings is 1. The Hall–Kier alpha value is -2.79. The number of ether oxygens (including phenoxy) is 1. The Bertz CT molecular complexity index is 992. The molecule has 1 aromatic heterocycles. The standard InChI is InChI=1S/C24H27N3O2/c28-23-27(17-18-6-2-1-3-7-18)22(24(29-23)12-14-25-15-13-24)11-10-19-16-26-21-9-5-4-8-20(19)21/h1-9,16,22,25-26H,10-15,17H2. The van der Waals surface area contributed by atoms with Crippen molar-refractivity contribution in [1.82, 2.24) is 15.2 Å². The fourth-order valence-electron chi connectivity index (χ4n) is 5.00. The molecule has 5 nitrogen and oxygen atoms in total. The minimum Gasteiger partial charge on any atom is -0.440 e. The number of nitrogens with one attached hydrogen (secondary N) is 2. The normalized spacial score (nSPS) is 21.0. The van der Waals surface area contributed by atoms with Gasteiger partial charge in [-0.2, -0.15) is 0 Å². The summed E-state index contributed by atoms with van der Waals surface area (Å²) < 4.78 is 6.08. The van der Waals surface area contributed by atoms with Gasteiger partial charge in [0.05, 0.1) is 6.04 Å². The first-order valence-electron chi connectivity index (χ1n) is 10.5. The molecule has 3 aromatic rings. The van der Waals surface area contributed by atoms with Gasteiger partial charge < -0.3 is 15.0 Å². The van der Waals surface area contributed by atoms with Gasteiger partial charge in [0, 0.05) is 36.5 Å². The zero-order valence-corrected chi connectivity index (χ0v) is 16.6. The van der Waals surface area contributed by atoms with E-state index < -0.39 is 0 Å². The average molecular weight is 389 g/mol. The van der Waals surface area contributed by atoms with Crippen LogP contribution in [0.5, 0.6) is 0 Å². The summed E-state index contributed by atoms with van der Waals surface area (Å²) in [7, 11) is 0. The minimum atomic E-state index is -0.372. The SMILES string of the molecule is O=C1OC2(CCNCC2)C(CCc2c[nH]c3ccccc23)N1Cc1ccccc1. The Labute approximate surface area is 171 Å². The number of hydrogen-bond acceptors (Lipinski definition) is 3. The van der Waals surface area contributed by atoms with E-state index in [-0.39, 0.29) is 17.7 Å². The van der Waals surface area contributed by atoms with Gasteiger partial charge in [-0.25, -0.2) is 4.79 Å². The van der Waals surface area contributed by atoms with Gasteiger partial charge in [-0.15, -0.1) is 0 Å². The Morgan fingerprint density at radius 3 is 2.62 bits per heavy atom. The molecule has 2 saturated heterocycles. The van der Waals surface area contributed by atoms with Crippen LogP contribution in [0.3, 0.4) is 0 Å². The third kappa shape index (κ3) is 3.40. The molecular formula is C24H27N3O2. The number of aromatic amines is 1. The van der Waals surface area contributed by atoms with Gasteiger partial charge >= 0.3 is 6.09 Å². The second-order valence-corrected chi connectivity index (χ2v) is 8.21. The Balaban J connectivity index is 1.42. The molecule has 2 aliphatic heterocycles. The highest BCUT2D eigenvalue weighted by Gasteiger charge is 2.53. The molecular weight excluding hydrogens is 362 g/mol. The zero-order chi connectivity index (χ0) is 19.7. The average Bonchev–Trinajstić information content (AvgIpc) is 3.27. The summed E-state index contributed by atoms with van der Waals surface area (Å²) in [5.74, 6) is 0. The lowest BCUT2D eigenvalue weighted by molar-refractivity contribution is 0.00518. The molecule has 0 aliphatic carbocycles. The van der Waals surface area contributed by atoms with Crippen LogP contribution in [0.2, 0.25) is 0 Å². The molecule has 5 rings (SSSR count). The van der Waals surface area contributed by atoms with Crippen LogP contribution in [0.25, 0.3) is 10.9 Å². The van der Waals surface area contributed by atoms with E-state index in [1.54, 1.807) is 0 Å². The molecule has 2 fully saturated rings. The van der Waals surface area contributed by atoms with Gasteiger partial charge in [-0.1, -0.05) is 48.5 Å². The van der Waals surface area contributed by atoms with Gasteiger partial charge in [0.1, 0.15) is 5.60 Å². The second-order valence-electron chi connectivity index (χ2n) is 8.21. The summed E-state index contributed by atoms with van der Waals surface area (Å²) in [5.41, 5.74) is 3.25. The molecule has 3 heterocycles. The Kier molecular flexibility index (Phi) is 4.76. The van der Waals surface area contributed by atoms with Crippen molar-refractivity contribution >= 4 is 17.0 Å². The molecule has 1 atom stereocenters. The molecule has 29 heavy (non-hydrogen) atoms. The fraction of sp³-hybridized carbons (Fsp3) is 0.375. The summed E-state index contributed by atoms with van der Waals surface area (Å²) in [6.07, 6.45) is 5.52. The lowest BCUT2D eigenvalue weighted by atomic mass is 9.82. The topological polar surface area (TPSA) is 57.4 Å². The first kappa shape index (κ1) is 18.3. The molecule has 0 bridgehead atoms. The summed E-state index contributed by atoms with van der Waals surface area (Å²) in [6, 6.07) is 18.7. The first-order chi connectivity index (χ1) is 14.3. The third-order valence-corrected chi connectivity index (χ3v) is 6.52. The van der Waals surface area contributed by atoms with Crippen molar-refractivity contribution < 1.29 is 9.53 Å². The summed E-state index contributed by atoms with van der Waals surface area (Å²) in [5, 5.41) is 4.68. The smallest absolute Gasteiger partial charge is 0.411 e. The number of benzene rings is 2. The van der Waals surface area contributed by atoms with Gasteiger partial charge in [-0.05, 0) is 43.1 Å². The van der Waals surface area contributed by atoms with Gasteiger partial charge in [0.25, 0.3) is 0 Å². The van der Waals surface area contributed by atoms with E-state index in [4.69, 9.17) is 4.74 Å². The van der Waals surface area contributed by atoms with Crippen molar-refractivity contribution in [3.05, 3.63) is 71.9 Å². The maximum absolute atomic E-state index is 12.9. The van der Waals surface area contributed by atoms with Gasteiger partial charge in [-0.3, -0.25) is 4.90 Å². The van der Waals surface area contributed by atoms with E-state index in [0.29, 0.717) is 6.54 Å². The predicted octanol–water partition coefficient (Wildman–Crippen LogP) is 4.24. The van der Waals surface area contributed by atoms with E-state index >= 15 is 0 Å². The van der Waals surface area contributed by atoms with E-state index in [1.807, 2.05) is 23.1 Å². The van der Waals surface area contributed by atoms with Crippen molar-refractivity contribution in [3.63, 3.8) is 0 Å². The van der Waals surface area contributed by atoms with Crippen molar-refractivity contribution in [2.24, 2.45) is 0 Å². The van der Waals surface area contributed by atoms with Gasteiger partial charge in [0.2, 0.25) is 0 Å². The van der Waals surface area contributed by atoms with Crippen LogP contribution >= 0.6 is 0 Å². The fourth-order valence-corrected chi connectivity index (χ4v) is 5.00. The highest BCUT2D eigenvalue weighted by molar-refractivity contribution is 5.83. The number of amides is 1. The highest BCUT2D eigenvalue weighted by atomic mass is 16.6. The van der Waals surface area contributed by atoms with Crippen molar-refractivity contribution in [2.75, 3.05) is 13.1 Å². The molecule has 1 spiro atoms. The molecule has 1 unspecified atom stereocenters. The van der Waals surface area contributed by atoms with E-state index in [2.05, 4.69) is 52.9 Å². The van der Waals surface area contributed by atoms with Crippen LogP contribution in [0.4, 0.5) is 4.79 Å². The number of hydrogen-bond donors (Lipinski definition) is 2. The molecule has 2 aromatic carbocycles. The van der Waals surface area contributed by atoms with Crippen molar-refractivity contribution in [2.45, 2.75) is 43.9 Å². The molecule has 0 radical (unpaired) electrons. The van der Waals surface area contributed by atoms with Crippen LogP contribution in [-0.4, -0.2) is 40.7 Å². The number of para-hydroxylation sites is 1. The maximum Gasteiger partial charge on any atom is 0.411 e. The number of fused-ring (bicyclic) bond motifs is 1. The number of rotatable bonds is 5. The van der Waals surface area contributed by atoms with Crippen LogP contribution in [0.15, 0.2) is 60.8 Å². The van der Waals surface area contributed by atoms with Crippen molar-refractivity contribution in [3.8, 4) is 0 Å². The number of aromatic nitrogens is 1. The van der Waals surface area contributed by atoms with Crippen LogP contribution in [-0.2, 0) is 17.7 Å². The van der Waals surface area contributed by atoms with Crippen LogP contribution in [0.1, 0.15) is 30.4 Å². The molecule has 150 valence electrons. The predicted molar refractivity (Wildman–Crippen MR) is 114 cm³/mol. The number of aryl methyl sites for hydroxylation is 1. The summed E-state index contributed by atoms with van der Waals surface area (Å²) in [6.45, 7) is 2.40. The number of nitrogens with zero attached hydrogens (tertiary/aromatic N) is 1. The van der Waals surface area contributed by atoms with Crippen molar-refractivity contribution in [1.29, 1.82) is 0 Å². The minimum absolute atomic E-state index is 0.0889. The summed E-state index contributed by atoms with van der Waals surface area (Å²) >= 11 is 0. The Morgan fingerprint density at radius 1 is 1.03 bits per heavy atom. The van der Waals surface area contributed by atoms with E-state index in [0.717, 1.165) is 44.3 Å². The highest BCUT2D eigenvalue weighted by Crippen LogP contribution is 2.40. The number of carbonyl (C=O) groups excluding carboxylic acids is 1. The largest absolute Gasteiger partial charge is 0.440 e. The lowest BCUT2D eigenvalue weighted by Gasteiger charge is -2.38. The van der Waals surface area contributed by atoms with Crippen LogP contribution < -0.4 is 5.32 Å². The van der Waals surface area contributed by atoms with Gasteiger partial charge in [0.15, 0.2) is 0 Å². The molecule has 5 heteroatoms. The molecule has 0 saturated carbocycles. The summed E-state index contributed by atoms with van der Waals surface area (Å²) in [4.78, 5) is 18.3. The molecule has 1 amide bonds. The quantitative estimate of drug-likeness (QED) is 0.686. The Morgan fingerprint density at radius 2 is 1.79 bits per heavy atom. The third-order valence-electron chi connectivity index (χ3n) is 6.52. The zero-order valence-electron chi connectivity index (χ0n) is 16.6. The van der Waals surface area contributed by atoms with E-state index in [1.165, 1.54) is 16.5 Å². The van der Waals surface area contributed by atoms with Crippen LogP contribution in [0, 0.1) is 0 Å².